The number of likely N-dealkylation sites (tertiary alicyclic amines) is 1. The third kappa shape index (κ3) is 4.38. The van der Waals surface area contributed by atoms with E-state index in [1.54, 1.807) is 6.07 Å². The van der Waals surface area contributed by atoms with E-state index in [1.807, 2.05) is 0 Å². The molecule has 4 fully saturated rings. The largest absolute Gasteiger partial charge is 0.494 e. The van der Waals surface area contributed by atoms with Gasteiger partial charge >= 0.3 is 13.1 Å². The summed E-state index contributed by atoms with van der Waals surface area (Å²) in [5, 5.41) is 33.2. The van der Waals surface area contributed by atoms with E-state index in [4.69, 9.17) is 9.39 Å². The molecule has 9 atom stereocenters. The van der Waals surface area contributed by atoms with E-state index in [2.05, 4.69) is 32.6 Å². The van der Waals surface area contributed by atoms with Crippen molar-refractivity contribution in [2.45, 2.75) is 91.5 Å². The number of carboxylic acid groups (broad SMARTS) is 1. The lowest BCUT2D eigenvalue weighted by molar-refractivity contribution is -0.200. The number of fused-ring (bicyclic) bond motifs is 1. The number of aliphatic hydroxyl groups is 1. The molecule has 42 heavy (non-hydrogen) atoms. The lowest BCUT2D eigenvalue weighted by atomic mass is 9.41. The number of nitrogens with zero attached hydrogens (tertiary/aromatic N) is 1. The molecule has 2 bridgehead atoms. The van der Waals surface area contributed by atoms with Gasteiger partial charge in [-0.05, 0) is 97.9 Å². The van der Waals surface area contributed by atoms with Crippen molar-refractivity contribution in [2.75, 3.05) is 19.6 Å². The highest BCUT2D eigenvalue weighted by Gasteiger charge is 2.69. The molecule has 2 aliphatic heterocycles. The van der Waals surface area contributed by atoms with E-state index in [0.717, 1.165) is 38.9 Å². The minimum atomic E-state index is -1.46. The molecule has 6 rings (SSSR count). The normalized spacial score (nSPS) is 40.5. The van der Waals surface area contributed by atoms with Gasteiger partial charge in [0.15, 0.2) is 17.7 Å². The molecule has 0 aromatic heterocycles. The SMILES string of the molecule is C[C@@H]1CC[C@@]23CCC(=O)[C@H]2[C@@]1(C)[C@H](C(Oc1ccc2c(c1F)B(O)OC2)C(=O)O)C[C@](C)(CCN1CCC1)[C@@H](O)[C@@H]3C. The first kappa shape index (κ1) is 30.0. The van der Waals surface area contributed by atoms with Crippen LogP contribution in [0, 0.1) is 45.7 Å². The molecular weight excluding hydrogens is 540 g/mol. The summed E-state index contributed by atoms with van der Waals surface area (Å²) < 4.78 is 27.1. The number of benzene rings is 1. The van der Waals surface area contributed by atoms with Gasteiger partial charge in [0, 0.05) is 23.7 Å². The summed E-state index contributed by atoms with van der Waals surface area (Å²) in [5.41, 5.74) is -1.33. The molecule has 1 aromatic rings. The van der Waals surface area contributed by atoms with Gasteiger partial charge in [-0.15, -0.1) is 0 Å². The third-order valence-corrected chi connectivity index (χ3v) is 12.7. The highest BCUT2D eigenvalue weighted by atomic mass is 19.1. The van der Waals surface area contributed by atoms with Gasteiger partial charge in [-0.1, -0.05) is 33.8 Å². The second-order valence-corrected chi connectivity index (χ2v) is 14.6. The van der Waals surface area contributed by atoms with Crippen LogP contribution in [0.25, 0.3) is 0 Å². The monoisotopic (exact) mass is 585 g/mol. The Balaban J connectivity index is 1.47. The molecular formula is C32H45BFNO7. The van der Waals surface area contributed by atoms with Crippen molar-refractivity contribution in [2.24, 2.45) is 39.9 Å². The minimum Gasteiger partial charge on any atom is -0.478 e. The van der Waals surface area contributed by atoms with Crippen LogP contribution >= 0.6 is 0 Å². The molecule has 0 amide bonds. The number of ether oxygens (including phenoxy) is 1. The van der Waals surface area contributed by atoms with E-state index >= 15 is 4.39 Å². The summed E-state index contributed by atoms with van der Waals surface area (Å²) in [7, 11) is -1.44. The van der Waals surface area contributed by atoms with Crippen LogP contribution in [0.5, 0.6) is 5.75 Å². The standard InChI is InChI=1S/C32H45BFNO7/c1-18-8-10-32-11-9-22(36)27(32)31(18,4)21(16-30(3,28(37)19(32)2)12-15-35-13-5-14-35)26(29(38)39)42-23-7-6-20-17-41-33(40)24(20)25(23)34/h6-7,18-19,21,26-28,37,40H,5,8-17H2,1-4H3,(H,38,39)/t18-,19+,21+,26?,27+,28+,30+,31-,32+/m1/s1. The van der Waals surface area contributed by atoms with Crippen molar-refractivity contribution in [1.82, 2.24) is 4.90 Å². The fourth-order valence-corrected chi connectivity index (χ4v) is 9.83. The van der Waals surface area contributed by atoms with Gasteiger partial charge < -0.3 is 29.5 Å². The van der Waals surface area contributed by atoms with Crippen molar-refractivity contribution in [3.05, 3.63) is 23.5 Å². The molecule has 3 saturated carbocycles. The van der Waals surface area contributed by atoms with Crippen LogP contribution in [0.1, 0.15) is 78.2 Å². The van der Waals surface area contributed by atoms with Crippen molar-refractivity contribution < 1.29 is 38.6 Å². The third-order valence-electron chi connectivity index (χ3n) is 12.7. The zero-order valence-corrected chi connectivity index (χ0v) is 25.3. The molecule has 1 aromatic carbocycles. The summed E-state index contributed by atoms with van der Waals surface area (Å²) in [6.07, 6.45) is 2.76. The maximum absolute atomic E-state index is 15.7. The molecule has 230 valence electrons. The van der Waals surface area contributed by atoms with Crippen molar-refractivity contribution >= 4 is 24.3 Å². The number of Topliss-reactive ketones (excluding diaryl/α,β-unsaturated/α-hetero) is 1. The molecule has 1 unspecified atom stereocenters. The Morgan fingerprint density at radius 1 is 1.26 bits per heavy atom. The predicted molar refractivity (Wildman–Crippen MR) is 155 cm³/mol. The lowest BCUT2D eigenvalue weighted by Crippen LogP contribution is -2.64. The lowest BCUT2D eigenvalue weighted by Gasteiger charge is -2.63. The predicted octanol–water partition coefficient (Wildman–Crippen LogP) is 3.40. The molecule has 1 saturated heterocycles. The molecule has 5 aliphatic rings. The fourth-order valence-electron chi connectivity index (χ4n) is 9.83. The first-order chi connectivity index (χ1) is 19.8. The Bertz CT molecular complexity index is 1260. The number of aliphatic hydroxyl groups excluding tert-OH is 1. The Morgan fingerprint density at radius 2 is 2.00 bits per heavy atom. The Kier molecular flexibility index (Phi) is 7.56. The van der Waals surface area contributed by atoms with Crippen LogP contribution in [0.3, 0.4) is 0 Å². The number of carbonyl (C=O) groups is 2. The second-order valence-electron chi connectivity index (χ2n) is 14.6. The first-order valence-corrected chi connectivity index (χ1v) is 15.8. The van der Waals surface area contributed by atoms with Gasteiger partial charge in [0.2, 0.25) is 0 Å². The summed E-state index contributed by atoms with van der Waals surface area (Å²) in [5.74, 6) is -3.33. The zero-order valence-electron chi connectivity index (χ0n) is 25.3. The number of carbonyl (C=O) groups excluding carboxylic acids is 1. The van der Waals surface area contributed by atoms with E-state index in [1.165, 1.54) is 6.07 Å². The van der Waals surface area contributed by atoms with Gasteiger partial charge in [-0.25, -0.2) is 9.18 Å². The van der Waals surface area contributed by atoms with Crippen molar-refractivity contribution in [1.29, 1.82) is 0 Å². The topological polar surface area (TPSA) is 117 Å². The summed E-state index contributed by atoms with van der Waals surface area (Å²) >= 11 is 0. The Labute approximate surface area is 248 Å². The minimum absolute atomic E-state index is 0.0234. The molecule has 0 radical (unpaired) electrons. The second kappa shape index (κ2) is 10.6. The fraction of sp³-hybridized carbons (Fsp3) is 0.750. The maximum Gasteiger partial charge on any atom is 0.494 e. The molecule has 3 N–H and O–H groups in total. The van der Waals surface area contributed by atoms with E-state index < -0.39 is 59.2 Å². The molecule has 2 heterocycles. The smallest absolute Gasteiger partial charge is 0.478 e. The highest BCUT2D eigenvalue weighted by Crippen LogP contribution is 2.69. The average molecular weight is 586 g/mol. The summed E-state index contributed by atoms with van der Waals surface area (Å²) in [4.78, 5) is 29.4. The summed E-state index contributed by atoms with van der Waals surface area (Å²) in [6, 6.07) is 3.01. The number of hydrogen-bond donors (Lipinski definition) is 3. The molecule has 3 aliphatic carbocycles. The Hall–Kier alpha value is -2.01. The van der Waals surface area contributed by atoms with Crippen LogP contribution in [0.15, 0.2) is 12.1 Å². The molecule has 10 heteroatoms. The van der Waals surface area contributed by atoms with Crippen molar-refractivity contribution in [3.63, 3.8) is 0 Å². The van der Waals surface area contributed by atoms with E-state index in [9.17, 15) is 24.8 Å². The number of rotatable bonds is 7. The highest BCUT2D eigenvalue weighted by molar-refractivity contribution is 6.61. The van der Waals surface area contributed by atoms with Gasteiger partial charge in [0.25, 0.3) is 0 Å². The van der Waals surface area contributed by atoms with Crippen LogP contribution in [0.4, 0.5) is 4.39 Å². The van der Waals surface area contributed by atoms with Gasteiger partial charge in [0.05, 0.1) is 12.7 Å². The van der Waals surface area contributed by atoms with Gasteiger partial charge in [-0.2, -0.15) is 0 Å². The summed E-state index contributed by atoms with van der Waals surface area (Å²) in [6.45, 7) is 11.3. The van der Waals surface area contributed by atoms with Crippen LogP contribution in [-0.4, -0.2) is 70.9 Å². The van der Waals surface area contributed by atoms with Gasteiger partial charge in [-0.3, -0.25) is 4.79 Å². The quantitative estimate of drug-likeness (QED) is 0.417. The van der Waals surface area contributed by atoms with E-state index in [-0.39, 0.29) is 35.4 Å². The van der Waals surface area contributed by atoms with Crippen LogP contribution in [0.2, 0.25) is 0 Å². The Morgan fingerprint density at radius 3 is 2.67 bits per heavy atom. The zero-order chi connectivity index (χ0) is 30.2. The number of ketones is 1. The average Bonchev–Trinajstić information content (AvgIpc) is 3.48. The van der Waals surface area contributed by atoms with Crippen molar-refractivity contribution in [3.8, 4) is 5.75 Å². The first-order valence-electron chi connectivity index (χ1n) is 15.8. The number of halogens is 1. The van der Waals surface area contributed by atoms with E-state index in [0.29, 0.717) is 31.2 Å². The number of aliphatic carboxylic acids is 1. The number of hydrogen-bond acceptors (Lipinski definition) is 7. The number of carboxylic acids is 1. The van der Waals surface area contributed by atoms with Gasteiger partial charge in [0.1, 0.15) is 5.78 Å². The van der Waals surface area contributed by atoms with Crippen LogP contribution < -0.4 is 10.2 Å². The molecule has 8 nitrogen and oxygen atoms in total. The van der Waals surface area contributed by atoms with Crippen LogP contribution in [-0.2, 0) is 20.9 Å². The maximum atomic E-state index is 15.7. The molecule has 0 spiro atoms.